The zero-order valence-electron chi connectivity index (χ0n) is 12.6. The second kappa shape index (κ2) is 7.08. The molecule has 1 fully saturated rings. The molecule has 1 aliphatic heterocycles. The van der Waals surface area contributed by atoms with Crippen molar-refractivity contribution in [3.63, 3.8) is 0 Å². The molecule has 0 aromatic heterocycles. The highest BCUT2D eigenvalue weighted by molar-refractivity contribution is 6.42. The lowest BCUT2D eigenvalue weighted by Gasteiger charge is -2.29. The lowest BCUT2D eigenvalue weighted by atomic mass is 9.77. The van der Waals surface area contributed by atoms with Gasteiger partial charge in [0.2, 0.25) is 0 Å². The average molecular weight is 354 g/mol. The van der Waals surface area contributed by atoms with Crippen molar-refractivity contribution in [2.24, 2.45) is 0 Å². The van der Waals surface area contributed by atoms with Gasteiger partial charge in [0.15, 0.2) is 0 Å². The van der Waals surface area contributed by atoms with Gasteiger partial charge in [-0.15, -0.1) is 0 Å². The van der Waals surface area contributed by atoms with Crippen LogP contribution in [0, 0.1) is 5.82 Å². The van der Waals surface area contributed by atoms with Crippen LogP contribution in [0.1, 0.15) is 18.4 Å². The molecule has 2 aromatic carbocycles. The number of benzene rings is 2. The van der Waals surface area contributed by atoms with Gasteiger partial charge in [-0.05, 0) is 61.3 Å². The van der Waals surface area contributed by atoms with Crippen molar-refractivity contribution in [2.75, 3.05) is 19.7 Å². The summed E-state index contributed by atoms with van der Waals surface area (Å²) in [6, 6.07) is 11.9. The summed E-state index contributed by atoms with van der Waals surface area (Å²) in [7, 11) is 0. The van der Waals surface area contributed by atoms with Gasteiger partial charge in [0, 0.05) is 12.0 Å². The van der Waals surface area contributed by atoms with Crippen LogP contribution in [0.25, 0.3) is 0 Å². The molecule has 23 heavy (non-hydrogen) atoms. The van der Waals surface area contributed by atoms with Gasteiger partial charge in [0.05, 0.1) is 16.7 Å². The van der Waals surface area contributed by atoms with Crippen LogP contribution in [0.4, 0.5) is 4.39 Å². The fraction of sp³-hybridized carbons (Fsp3) is 0.333. The van der Waals surface area contributed by atoms with E-state index < -0.39 is 0 Å². The summed E-state index contributed by atoms with van der Waals surface area (Å²) in [6.45, 7) is 2.42. The van der Waals surface area contributed by atoms with Gasteiger partial charge in [0.1, 0.15) is 11.6 Å². The van der Waals surface area contributed by atoms with E-state index in [-0.39, 0.29) is 11.2 Å². The highest BCUT2D eigenvalue weighted by Crippen LogP contribution is 2.37. The summed E-state index contributed by atoms with van der Waals surface area (Å²) in [4.78, 5) is 0. The lowest BCUT2D eigenvalue weighted by molar-refractivity contribution is 0.263. The average Bonchev–Trinajstić information content (AvgIpc) is 3.02. The summed E-state index contributed by atoms with van der Waals surface area (Å²) < 4.78 is 18.7. The summed E-state index contributed by atoms with van der Waals surface area (Å²) in [5.74, 6) is 0.422. The molecule has 122 valence electrons. The van der Waals surface area contributed by atoms with E-state index >= 15 is 0 Å². The summed E-state index contributed by atoms with van der Waals surface area (Å²) >= 11 is 12.2. The zero-order valence-corrected chi connectivity index (χ0v) is 14.1. The molecule has 0 saturated carbocycles. The first-order valence-electron chi connectivity index (χ1n) is 7.64. The van der Waals surface area contributed by atoms with Crippen LogP contribution in [0.2, 0.25) is 10.0 Å². The molecule has 0 bridgehead atoms. The zero-order chi connectivity index (χ0) is 16.3. The van der Waals surface area contributed by atoms with Crippen molar-refractivity contribution < 1.29 is 9.13 Å². The monoisotopic (exact) mass is 353 g/mol. The van der Waals surface area contributed by atoms with Gasteiger partial charge in [0.25, 0.3) is 0 Å². The Morgan fingerprint density at radius 3 is 2.52 bits per heavy atom. The van der Waals surface area contributed by atoms with E-state index in [1.54, 1.807) is 12.1 Å². The van der Waals surface area contributed by atoms with E-state index in [0.29, 0.717) is 22.4 Å². The molecule has 1 unspecified atom stereocenters. The summed E-state index contributed by atoms with van der Waals surface area (Å²) in [5, 5.41) is 4.57. The van der Waals surface area contributed by atoms with E-state index in [1.165, 1.54) is 17.7 Å². The van der Waals surface area contributed by atoms with Crippen LogP contribution in [0.15, 0.2) is 42.5 Å². The predicted molar refractivity (Wildman–Crippen MR) is 92.1 cm³/mol. The van der Waals surface area contributed by atoms with Gasteiger partial charge >= 0.3 is 0 Å². The fourth-order valence-electron chi connectivity index (χ4n) is 3.07. The molecule has 1 saturated heterocycles. The second-order valence-electron chi connectivity index (χ2n) is 5.89. The first-order valence-corrected chi connectivity index (χ1v) is 8.39. The van der Waals surface area contributed by atoms with Gasteiger partial charge in [-0.2, -0.15) is 0 Å². The Morgan fingerprint density at radius 1 is 1.09 bits per heavy atom. The standard InChI is InChI=1S/C18H18Cl2FNO/c19-16-6-1-13(11-17(16)20)18(7-9-22-12-18)8-10-23-15-4-2-14(21)3-5-15/h1-6,11,22H,7-10,12H2. The lowest BCUT2D eigenvalue weighted by Crippen LogP contribution is -2.31. The Bertz CT molecular complexity index is 669. The van der Waals surface area contributed by atoms with Crippen molar-refractivity contribution in [3.8, 4) is 5.75 Å². The maximum Gasteiger partial charge on any atom is 0.123 e. The van der Waals surface area contributed by atoms with E-state index in [4.69, 9.17) is 27.9 Å². The molecule has 1 aliphatic rings. The number of ether oxygens (including phenoxy) is 1. The first-order chi connectivity index (χ1) is 11.1. The Balaban J connectivity index is 1.71. The van der Waals surface area contributed by atoms with E-state index in [9.17, 15) is 4.39 Å². The van der Waals surface area contributed by atoms with Crippen molar-refractivity contribution in [1.29, 1.82) is 0 Å². The van der Waals surface area contributed by atoms with Crippen LogP contribution in [0.3, 0.4) is 0 Å². The van der Waals surface area contributed by atoms with Gasteiger partial charge < -0.3 is 10.1 Å². The van der Waals surface area contributed by atoms with Crippen molar-refractivity contribution >= 4 is 23.2 Å². The molecule has 0 amide bonds. The molecule has 1 N–H and O–H groups in total. The Labute approximate surface area is 145 Å². The minimum atomic E-state index is -0.260. The fourth-order valence-corrected chi connectivity index (χ4v) is 3.37. The third-order valence-corrected chi connectivity index (χ3v) is 5.18. The molecule has 0 spiro atoms. The maximum absolute atomic E-state index is 12.9. The quantitative estimate of drug-likeness (QED) is 0.830. The number of rotatable bonds is 5. The number of nitrogens with one attached hydrogen (secondary N) is 1. The highest BCUT2D eigenvalue weighted by Gasteiger charge is 2.35. The van der Waals surface area contributed by atoms with Crippen molar-refractivity contribution in [1.82, 2.24) is 5.32 Å². The summed E-state index contributed by atoms with van der Waals surface area (Å²) in [5.41, 5.74) is 1.17. The minimum absolute atomic E-state index is 0.00570. The number of halogens is 3. The Hall–Kier alpha value is -1.29. The van der Waals surface area contributed by atoms with E-state index in [1.807, 2.05) is 18.2 Å². The van der Waals surface area contributed by atoms with Crippen molar-refractivity contribution in [2.45, 2.75) is 18.3 Å². The molecule has 3 rings (SSSR count). The highest BCUT2D eigenvalue weighted by atomic mass is 35.5. The van der Waals surface area contributed by atoms with Crippen LogP contribution in [-0.2, 0) is 5.41 Å². The molecule has 0 aliphatic carbocycles. The SMILES string of the molecule is Fc1ccc(OCCC2(c3ccc(Cl)c(Cl)c3)CCNC2)cc1. The van der Waals surface area contributed by atoms with Crippen LogP contribution in [-0.4, -0.2) is 19.7 Å². The van der Waals surface area contributed by atoms with Crippen LogP contribution in [0.5, 0.6) is 5.75 Å². The van der Waals surface area contributed by atoms with Gasteiger partial charge in [-0.3, -0.25) is 0 Å². The first kappa shape index (κ1) is 16.6. The van der Waals surface area contributed by atoms with Gasteiger partial charge in [-0.25, -0.2) is 4.39 Å². The largest absolute Gasteiger partial charge is 0.494 e. The Morgan fingerprint density at radius 2 is 1.87 bits per heavy atom. The normalized spacial score (nSPS) is 20.7. The Kier molecular flexibility index (Phi) is 5.10. The number of hydrogen-bond donors (Lipinski definition) is 1. The van der Waals surface area contributed by atoms with Crippen LogP contribution >= 0.6 is 23.2 Å². The molecule has 2 aromatic rings. The molecule has 2 nitrogen and oxygen atoms in total. The minimum Gasteiger partial charge on any atom is -0.494 e. The van der Waals surface area contributed by atoms with Crippen molar-refractivity contribution in [3.05, 3.63) is 63.9 Å². The molecule has 1 heterocycles. The third kappa shape index (κ3) is 3.79. The molecule has 0 radical (unpaired) electrons. The molecule has 5 heteroatoms. The smallest absolute Gasteiger partial charge is 0.123 e. The van der Waals surface area contributed by atoms with Crippen LogP contribution < -0.4 is 10.1 Å². The molecule has 1 atom stereocenters. The summed E-state index contributed by atoms with van der Waals surface area (Å²) in [6.07, 6.45) is 1.88. The van der Waals surface area contributed by atoms with Gasteiger partial charge in [-0.1, -0.05) is 29.3 Å². The van der Waals surface area contributed by atoms with E-state index in [0.717, 1.165) is 25.9 Å². The van der Waals surface area contributed by atoms with E-state index in [2.05, 4.69) is 5.32 Å². The topological polar surface area (TPSA) is 21.3 Å². The number of hydrogen-bond acceptors (Lipinski definition) is 2. The molecular formula is C18H18Cl2FNO. The second-order valence-corrected chi connectivity index (χ2v) is 6.70. The maximum atomic E-state index is 12.9. The third-order valence-electron chi connectivity index (χ3n) is 4.44. The molecular weight excluding hydrogens is 336 g/mol. The predicted octanol–water partition coefficient (Wildman–Crippen LogP) is 4.83.